The number of ether oxygens (including phenoxy) is 1. The Balaban J connectivity index is 2.27. The molecule has 98 valence electrons. The topological polar surface area (TPSA) is 29.5 Å². The molecular formula is C14H18BrNO2. The number of anilines is 1. The summed E-state index contributed by atoms with van der Waals surface area (Å²) in [5, 5.41) is 0. The van der Waals surface area contributed by atoms with Crippen molar-refractivity contribution in [2.75, 3.05) is 24.7 Å². The van der Waals surface area contributed by atoms with Gasteiger partial charge in [-0.05, 0) is 47.5 Å². The number of morpholine rings is 1. The van der Waals surface area contributed by atoms with E-state index in [-0.39, 0.29) is 5.78 Å². The molecule has 18 heavy (non-hydrogen) atoms. The number of carbonyl (C=O) groups is 1. The molecule has 0 bridgehead atoms. The highest BCUT2D eigenvalue weighted by Gasteiger charge is 2.22. The van der Waals surface area contributed by atoms with Crippen LogP contribution in [-0.2, 0) is 4.74 Å². The molecule has 1 aromatic rings. The summed E-state index contributed by atoms with van der Waals surface area (Å²) in [4.78, 5) is 13.8. The van der Waals surface area contributed by atoms with Crippen LogP contribution >= 0.6 is 15.9 Å². The summed E-state index contributed by atoms with van der Waals surface area (Å²) in [6.07, 6.45) is 1.06. The molecule has 0 N–H and O–H groups in total. The highest BCUT2D eigenvalue weighted by atomic mass is 79.9. The average molecular weight is 312 g/mol. The Bertz CT molecular complexity index is 447. The fourth-order valence-electron chi connectivity index (χ4n) is 2.30. The van der Waals surface area contributed by atoms with Gasteiger partial charge in [0.2, 0.25) is 0 Å². The van der Waals surface area contributed by atoms with Crippen LogP contribution in [0.15, 0.2) is 22.7 Å². The van der Waals surface area contributed by atoms with Gasteiger partial charge in [0.05, 0.1) is 19.3 Å². The van der Waals surface area contributed by atoms with Gasteiger partial charge in [-0.2, -0.15) is 0 Å². The summed E-state index contributed by atoms with van der Waals surface area (Å²) in [6, 6.07) is 6.37. The van der Waals surface area contributed by atoms with Gasteiger partial charge in [-0.15, -0.1) is 0 Å². The van der Waals surface area contributed by atoms with Crippen LogP contribution in [0.3, 0.4) is 0 Å². The SMILES string of the molecule is CCC1COCCN1c1ccc(C(C)=O)c(Br)c1. The van der Waals surface area contributed by atoms with Crippen LogP contribution in [0, 0.1) is 0 Å². The number of carbonyl (C=O) groups excluding carboxylic acids is 1. The lowest BCUT2D eigenvalue weighted by Gasteiger charge is -2.37. The predicted molar refractivity (Wildman–Crippen MR) is 76.4 cm³/mol. The fraction of sp³-hybridized carbons (Fsp3) is 0.500. The zero-order valence-electron chi connectivity index (χ0n) is 10.8. The van der Waals surface area contributed by atoms with E-state index in [9.17, 15) is 4.79 Å². The number of ketones is 1. The van der Waals surface area contributed by atoms with Gasteiger partial charge in [-0.1, -0.05) is 6.92 Å². The number of benzene rings is 1. The van der Waals surface area contributed by atoms with E-state index in [1.165, 1.54) is 0 Å². The fourth-order valence-corrected chi connectivity index (χ4v) is 2.95. The minimum absolute atomic E-state index is 0.0856. The molecule has 2 rings (SSSR count). The molecule has 1 heterocycles. The van der Waals surface area contributed by atoms with Crippen LogP contribution in [0.25, 0.3) is 0 Å². The van der Waals surface area contributed by atoms with Crippen LogP contribution in [0.1, 0.15) is 30.6 Å². The average Bonchev–Trinajstić information content (AvgIpc) is 2.38. The van der Waals surface area contributed by atoms with Gasteiger partial charge in [-0.25, -0.2) is 0 Å². The number of hydrogen-bond acceptors (Lipinski definition) is 3. The second-order valence-electron chi connectivity index (χ2n) is 4.55. The molecule has 1 aromatic carbocycles. The first-order chi connectivity index (χ1) is 8.63. The van der Waals surface area contributed by atoms with E-state index in [1.807, 2.05) is 18.2 Å². The molecule has 0 radical (unpaired) electrons. The molecule has 0 amide bonds. The Morgan fingerprint density at radius 1 is 1.56 bits per heavy atom. The third-order valence-electron chi connectivity index (χ3n) is 3.36. The van der Waals surface area contributed by atoms with Crippen molar-refractivity contribution in [3.63, 3.8) is 0 Å². The summed E-state index contributed by atoms with van der Waals surface area (Å²) in [6.45, 7) is 6.21. The molecule has 3 nitrogen and oxygen atoms in total. The van der Waals surface area contributed by atoms with Crippen molar-refractivity contribution in [1.29, 1.82) is 0 Å². The molecule has 1 aliphatic rings. The van der Waals surface area contributed by atoms with Gasteiger partial charge >= 0.3 is 0 Å². The van der Waals surface area contributed by atoms with Crippen LogP contribution < -0.4 is 4.90 Å². The van der Waals surface area contributed by atoms with Gasteiger partial charge in [0.1, 0.15) is 0 Å². The largest absolute Gasteiger partial charge is 0.377 e. The summed E-state index contributed by atoms with van der Waals surface area (Å²) < 4.78 is 6.38. The highest BCUT2D eigenvalue weighted by molar-refractivity contribution is 9.10. The number of rotatable bonds is 3. The van der Waals surface area contributed by atoms with Gasteiger partial charge in [0.15, 0.2) is 5.78 Å². The van der Waals surface area contributed by atoms with Crippen LogP contribution in [0.2, 0.25) is 0 Å². The van der Waals surface area contributed by atoms with E-state index < -0.39 is 0 Å². The third kappa shape index (κ3) is 2.75. The summed E-state index contributed by atoms with van der Waals surface area (Å²) in [5.74, 6) is 0.0856. The minimum atomic E-state index is 0.0856. The van der Waals surface area contributed by atoms with E-state index in [0.717, 1.165) is 41.9 Å². The molecule has 0 aromatic heterocycles. The maximum Gasteiger partial charge on any atom is 0.160 e. The maximum absolute atomic E-state index is 11.4. The predicted octanol–water partition coefficient (Wildman–Crippen LogP) is 3.27. The van der Waals surface area contributed by atoms with Gasteiger partial charge in [0, 0.05) is 22.3 Å². The lowest BCUT2D eigenvalue weighted by molar-refractivity contribution is 0.0929. The molecule has 0 spiro atoms. The zero-order valence-corrected chi connectivity index (χ0v) is 12.4. The van der Waals surface area contributed by atoms with Crippen LogP contribution in [-0.4, -0.2) is 31.6 Å². The zero-order chi connectivity index (χ0) is 13.1. The van der Waals surface area contributed by atoms with Gasteiger partial charge in [-0.3, -0.25) is 4.79 Å². The summed E-state index contributed by atoms with van der Waals surface area (Å²) >= 11 is 3.48. The lowest BCUT2D eigenvalue weighted by Crippen LogP contribution is -2.45. The van der Waals surface area contributed by atoms with E-state index in [1.54, 1.807) is 6.92 Å². The maximum atomic E-state index is 11.4. The first-order valence-corrected chi connectivity index (χ1v) is 7.07. The van der Waals surface area contributed by atoms with E-state index in [4.69, 9.17) is 4.74 Å². The van der Waals surface area contributed by atoms with Crippen molar-refractivity contribution in [2.45, 2.75) is 26.3 Å². The van der Waals surface area contributed by atoms with Gasteiger partial charge in [0.25, 0.3) is 0 Å². The monoisotopic (exact) mass is 311 g/mol. The second-order valence-corrected chi connectivity index (χ2v) is 5.41. The first-order valence-electron chi connectivity index (χ1n) is 6.28. The number of nitrogens with zero attached hydrogens (tertiary/aromatic N) is 1. The van der Waals surface area contributed by atoms with Crippen LogP contribution in [0.4, 0.5) is 5.69 Å². The summed E-state index contributed by atoms with van der Waals surface area (Å²) in [5.41, 5.74) is 1.89. The first kappa shape index (κ1) is 13.6. The van der Waals surface area contributed by atoms with Crippen molar-refractivity contribution in [3.8, 4) is 0 Å². The molecule has 0 saturated carbocycles. The molecule has 1 atom stereocenters. The van der Waals surface area contributed by atoms with Crippen molar-refractivity contribution in [3.05, 3.63) is 28.2 Å². The standard InChI is InChI=1S/C14H18BrNO2/c1-3-11-9-18-7-6-16(11)12-4-5-13(10(2)17)14(15)8-12/h4-5,8,11H,3,6-7,9H2,1-2H3. The Labute approximate surface area is 116 Å². The second kappa shape index (κ2) is 5.85. The molecule has 1 fully saturated rings. The van der Waals surface area contributed by atoms with Crippen molar-refractivity contribution in [2.24, 2.45) is 0 Å². The number of halogens is 1. The molecule has 0 aliphatic carbocycles. The Morgan fingerprint density at radius 2 is 2.33 bits per heavy atom. The number of Topliss-reactive ketones (excluding diaryl/α,β-unsaturated/α-hetero) is 1. The molecule has 4 heteroatoms. The van der Waals surface area contributed by atoms with Crippen molar-refractivity contribution in [1.82, 2.24) is 0 Å². The van der Waals surface area contributed by atoms with E-state index in [2.05, 4.69) is 27.8 Å². The number of hydrogen-bond donors (Lipinski definition) is 0. The van der Waals surface area contributed by atoms with E-state index >= 15 is 0 Å². The van der Waals surface area contributed by atoms with Crippen LogP contribution in [0.5, 0.6) is 0 Å². The van der Waals surface area contributed by atoms with Gasteiger partial charge < -0.3 is 9.64 Å². The minimum Gasteiger partial charge on any atom is -0.377 e. The highest BCUT2D eigenvalue weighted by Crippen LogP contribution is 2.27. The summed E-state index contributed by atoms with van der Waals surface area (Å²) in [7, 11) is 0. The quantitative estimate of drug-likeness (QED) is 0.802. The smallest absolute Gasteiger partial charge is 0.160 e. The van der Waals surface area contributed by atoms with Crippen molar-refractivity contribution < 1.29 is 9.53 Å². The third-order valence-corrected chi connectivity index (χ3v) is 4.02. The Hall–Kier alpha value is -0.870. The lowest BCUT2D eigenvalue weighted by atomic mass is 10.1. The molecule has 1 saturated heterocycles. The Morgan fingerprint density at radius 3 is 2.94 bits per heavy atom. The normalized spacial score (nSPS) is 19.9. The van der Waals surface area contributed by atoms with Crippen molar-refractivity contribution >= 4 is 27.4 Å². The molecular weight excluding hydrogens is 294 g/mol. The van der Waals surface area contributed by atoms with E-state index in [0.29, 0.717) is 6.04 Å². The Kier molecular flexibility index (Phi) is 4.40. The molecule has 1 aliphatic heterocycles. The molecule has 1 unspecified atom stereocenters.